The monoisotopic (exact) mass is 365 g/mol. The molecule has 2 nitrogen and oxygen atoms in total. The van der Waals surface area contributed by atoms with E-state index in [1.807, 2.05) is 0 Å². The summed E-state index contributed by atoms with van der Waals surface area (Å²) in [6.45, 7) is 3.09. The number of nitrogens with zero attached hydrogens (tertiary/aromatic N) is 1. The van der Waals surface area contributed by atoms with Crippen LogP contribution < -0.4 is 0 Å². The fraction of sp³-hybridized carbons (Fsp3) is 0.417. The van der Waals surface area contributed by atoms with Gasteiger partial charge >= 0.3 is 0 Å². The van der Waals surface area contributed by atoms with Gasteiger partial charge in [-0.05, 0) is 66.9 Å². The van der Waals surface area contributed by atoms with Crippen LogP contribution in [0.1, 0.15) is 43.2 Å². The van der Waals surface area contributed by atoms with Gasteiger partial charge in [-0.2, -0.15) is 0 Å². The molecule has 3 heteroatoms. The third-order valence-corrected chi connectivity index (χ3v) is 6.16. The van der Waals surface area contributed by atoms with Crippen molar-refractivity contribution >= 4 is 5.57 Å². The Hall–Kier alpha value is -1.97. The Kier molecular flexibility index (Phi) is 5.42. The lowest BCUT2D eigenvalue weighted by molar-refractivity contribution is -0.0266. The summed E-state index contributed by atoms with van der Waals surface area (Å²) in [4.78, 5) is 2.51. The average molecular weight is 365 g/mol. The molecule has 2 aromatic rings. The van der Waals surface area contributed by atoms with Crippen molar-refractivity contribution in [3.8, 4) is 0 Å². The summed E-state index contributed by atoms with van der Waals surface area (Å²) in [5.41, 5.74) is 2.83. The summed E-state index contributed by atoms with van der Waals surface area (Å²) < 4.78 is 13.2. The van der Waals surface area contributed by atoms with Gasteiger partial charge in [0.25, 0.3) is 0 Å². The summed E-state index contributed by atoms with van der Waals surface area (Å²) >= 11 is 0. The average Bonchev–Trinajstić information content (AvgIpc) is 2.70. The zero-order chi connectivity index (χ0) is 18.7. The van der Waals surface area contributed by atoms with E-state index in [2.05, 4.69) is 41.3 Å². The maximum Gasteiger partial charge on any atom is 0.123 e. The summed E-state index contributed by atoms with van der Waals surface area (Å²) in [5, 5.41) is 11.2. The van der Waals surface area contributed by atoms with E-state index >= 15 is 0 Å². The first-order valence-electron chi connectivity index (χ1n) is 10.1. The number of hydrogen-bond donors (Lipinski definition) is 1. The minimum Gasteiger partial charge on any atom is -0.385 e. The van der Waals surface area contributed by atoms with Crippen molar-refractivity contribution in [2.75, 3.05) is 19.6 Å². The fourth-order valence-electron chi connectivity index (χ4n) is 4.70. The number of rotatable bonds is 4. The van der Waals surface area contributed by atoms with Gasteiger partial charge in [0.2, 0.25) is 0 Å². The van der Waals surface area contributed by atoms with Gasteiger partial charge in [-0.1, -0.05) is 48.5 Å². The molecule has 0 radical (unpaired) electrons. The molecule has 0 bridgehead atoms. The highest BCUT2D eigenvalue weighted by atomic mass is 19.1. The number of hydrogen-bond acceptors (Lipinski definition) is 2. The molecule has 1 N–H and O–H groups in total. The van der Waals surface area contributed by atoms with Gasteiger partial charge in [-0.3, -0.25) is 4.90 Å². The van der Waals surface area contributed by atoms with E-state index in [1.54, 1.807) is 12.1 Å². The van der Waals surface area contributed by atoms with E-state index in [1.165, 1.54) is 23.3 Å². The van der Waals surface area contributed by atoms with Gasteiger partial charge in [0, 0.05) is 19.6 Å². The van der Waals surface area contributed by atoms with Crippen molar-refractivity contribution < 1.29 is 9.50 Å². The first-order chi connectivity index (χ1) is 13.1. The van der Waals surface area contributed by atoms with Crippen LogP contribution in [-0.2, 0) is 5.60 Å². The Labute approximate surface area is 161 Å². The maximum atomic E-state index is 13.2. The standard InChI is InChI=1S/C24H28FNO/c25-23-10-8-22(9-11-23)24(27)14-4-5-19(17-24)18-26-15-12-21(13-16-26)20-6-2-1-3-7-20/h1-3,6-12,19,27H,4-5,13-18H2/t19-,24?/m1/s1. The molecule has 2 aromatic carbocycles. The summed E-state index contributed by atoms with van der Waals surface area (Å²) in [6, 6.07) is 17.0. The van der Waals surface area contributed by atoms with Crippen LogP contribution in [0.4, 0.5) is 4.39 Å². The molecule has 1 saturated carbocycles. The molecule has 1 aliphatic heterocycles. The SMILES string of the molecule is OC1(c2ccc(F)cc2)CCC[C@@H](CN2CC=C(c3ccccc3)CC2)C1. The van der Waals surface area contributed by atoms with E-state index in [0.717, 1.165) is 57.3 Å². The molecule has 2 atom stereocenters. The third-order valence-electron chi connectivity index (χ3n) is 6.16. The molecule has 0 saturated heterocycles. The Balaban J connectivity index is 1.37. The van der Waals surface area contributed by atoms with Crippen LogP contribution in [0.2, 0.25) is 0 Å². The van der Waals surface area contributed by atoms with Crippen molar-refractivity contribution in [3.63, 3.8) is 0 Å². The zero-order valence-corrected chi connectivity index (χ0v) is 15.8. The van der Waals surface area contributed by atoms with Crippen LogP contribution >= 0.6 is 0 Å². The van der Waals surface area contributed by atoms with Crippen molar-refractivity contribution in [1.29, 1.82) is 0 Å². The van der Waals surface area contributed by atoms with Crippen molar-refractivity contribution in [2.45, 2.75) is 37.7 Å². The Bertz CT molecular complexity index is 786. The van der Waals surface area contributed by atoms with E-state index in [0.29, 0.717) is 5.92 Å². The highest BCUT2D eigenvalue weighted by Gasteiger charge is 2.36. The van der Waals surface area contributed by atoms with Crippen LogP contribution in [0.25, 0.3) is 5.57 Å². The van der Waals surface area contributed by atoms with Crippen molar-refractivity contribution in [1.82, 2.24) is 4.90 Å². The highest BCUT2D eigenvalue weighted by molar-refractivity contribution is 5.66. The molecule has 142 valence electrons. The Morgan fingerprint density at radius 1 is 1.07 bits per heavy atom. The van der Waals surface area contributed by atoms with E-state index in [9.17, 15) is 9.50 Å². The number of benzene rings is 2. The molecule has 27 heavy (non-hydrogen) atoms. The lowest BCUT2D eigenvalue weighted by Crippen LogP contribution is -2.39. The van der Waals surface area contributed by atoms with Gasteiger partial charge in [-0.25, -0.2) is 4.39 Å². The molecule has 0 spiro atoms. The molecule has 4 rings (SSSR count). The van der Waals surface area contributed by atoms with Gasteiger partial charge in [-0.15, -0.1) is 0 Å². The normalized spacial score (nSPS) is 26.6. The van der Waals surface area contributed by atoms with Crippen LogP contribution in [0.3, 0.4) is 0 Å². The van der Waals surface area contributed by atoms with Crippen LogP contribution in [0.5, 0.6) is 0 Å². The van der Waals surface area contributed by atoms with Gasteiger partial charge < -0.3 is 5.11 Å². The fourth-order valence-corrected chi connectivity index (χ4v) is 4.70. The Morgan fingerprint density at radius 3 is 2.56 bits per heavy atom. The second-order valence-electron chi connectivity index (χ2n) is 8.11. The van der Waals surface area contributed by atoms with Crippen LogP contribution in [-0.4, -0.2) is 29.6 Å². The molecule has 1 aliphatic carbocycles. The number of aliphatic hydroxyl groups is 1. The topological polar surface area (TPSA) is 23.5 Å². The summed E-state index contributed by atoms with van der Waals surface area (Å²) in [5.74, 6) is 0.240. The molecule has 1 fully saturated rings. The van der Waals surface area contributed by atoms with E-state index < -0.39 is 5.60 Å². The molecule has 0 amide bonds. The van der Waals surface area contributed by atoms with Crippen molar-refractivity contribution in [2.24, 2.45) is 5.92 Å². The molecular formula is C24H28FNO. The minimum atomic E-state index is -0.808. The summed E-state index contributed by atoms with van der Waals surface area (Å²) in [6.07, 6.45) is 7.16. The third kappa shape index (κ3) is 4.31. The predicted molar refractivity (Wildman–Crippen MR) is 108 cm³/mol. The quantitative estimate of drug-likeness (QED) is 0.825. The maximum absolute atomic E-state index is 13.2. The smallest absolute Gasteiger partial charge is 0.123 e. The van der Waals surface area contributed by atoms with E-state index in [-0.39, 0.29) is 5.82 Å². The minimum absolute atomic E-state index is 0.246. The van der Waals surface area contributed by atoms with Gasteiger partial charge in [0.15, 0.2) is 0 Å². The zero-order valence-electron chi connectivity index (χ0n) is 15.8. The summed E-state index contributed by atoms with van der Waals surface area (Å²) in [7, 11) is 0. The largest absolute Gasteiger partial charge is 0.385 e. The van der Waals surface area contributed by atoms with Crippen LogP contribution in [0.15, 0.2) is 60.7 Å². The second kappa shape index (κ2) is 7.95. The molecule has 0 aromatic heterocycles. The lowest BCUT2D eigenvalue weighted by atomic mass is 9.74. The van der Waals surface area contributed by atoms with Crippen molar-refractivity contribution in [3.05, 3.63) is 77.6 Å². The first-order valence-corrected chi connectivity index (χ1v) is 10.1. The molecule has 1 heterocycles. The Morgan fingerprint density at radius 2 is 1.85 bits per heavy atom. The number of halogens is 1. The van der Waals surface area contributed by atoms with Gasteiger partial charge in [0.05, 0.1) is 5.60 Å². The molecule has 2 aliphatic rings. The second-order valence-corrected chi connectivity index (χ2v) is 8.11. The van der Waals surface area contributed by atoms with Gasteiger partial charge in [0.1, 0.15) is 5.82 Å². The predicted octanol–water partition coefficient (Wildman–Crippen LogP) is 4.99. The first kappa shape index (κ1) is 18.4. The van der Waals surface area contributed by atoms with Crippen LogP contribution in [0, 0.1) is 11.7 Å². The molecule has 1 unspecified atom stereocenters. The molecular weight excluding hydrogens is 337 g/mol. The van der Waals surface area contributed by atoms with E-state index in [4.69, 9.17) is 0 Å². The highest BCUT2D eigenvalue weighted by Crippen LogP contribution is 2.40. The lowest BCUT2D eigenvalue weighted by Gasteiger charge is -2.39.